The summed E-state index contributed by atoms with van der Waals surface area (Å²) in [6.45, 7) is 3.04. The van der Waals surface area contributed by atoms with Crippen molar-refractivity contribution >= 4 is 11.9 Å². The number of carboxylic acids is 1. The summed E-state index contributed by atoms with van der Waals surface area (Å²) in [4.78, 5) is 23.2. The van der Waals surface area contributed by atoms with Crippen LogP contribution in [-0.2, 0) is 9.59 Å². The van der Waals surface area contributed by atoms with Crippen molar-refractivity contribution < 1.29 is 24.9 Å². The van der Waals surface area contributed by atoms with Crippen molar-refractivity contribution in [2.45, 2.75) is 31.9 Å². The SMILES string of the molecule is C=CCCCCC(=O)NCCN(CC(=O)O)C(O)CO. The van der Waals surface area contributed by atoms with Crippen molar-refractivity contribution in [3.63, 3.8) is 0 Å². The molecule has 1 amide bonds. The van der Waals surface area contributed by atoms with Crippen LogP contribution in [0.15, 0.2) is 12.7 Å². The smallest absolute Gasteiger partial charge is 0.317 e. The average Bonchev–Trinajstić information content (AvgIpc) is 2.41. The summed E-state index contributed by atoms with van der Waals surface area (Å²) in [7, 11) is 0. The Bertz CT molecular complexity index is 309. The fourth-order valence-corrected chi connectivity index (χ4v) is 1.62. The number of unbranched alkanes of at least 4 members (excludes halogenated alkanes) is 2. The van der Waals surface area contributed by atoms with Crippen molar-refractivity contribution in [1.29, 1.82) is 0 Å². The van der Waals surface area contributed by atoms with Gasteiger partial charge in [0, 0.05) is 19.5 Å². The van der Waals surface area contributed by atoms with Gasteiger partial charge in [-0.2, -0.15) is 0 Å². The Hall–Kier alpha value is -1.44. The van der Waals surface area contributed by atoms with Gasteiger partial charge in [-0.1, -0.05) is 6.08 Å². The normalized spacial score (nSPS) is 12.2. The molecule has 0 aliphatic rings. The lowest BCUT2D eigenvalue weighted by Gasteiger charge is -2.24. The van der Waals surface area contributed by atoms with Crippen LogP contribution in [0.2, 0.25) is 0 Å². The maximum atomic E-state index is 11.5. The topological polar surface area (TPSA) is 110 Å². The fourth-order valence-electron chi connectivity index (χ4n) is 1.62. The summed E-state index contributed by atoms with van der Waals surface area (Å²) in [5.41, 5.74) is 0. The van der Waals surface area contributed by atoms with E-state index in [1.807, 2.05) is 0 Å². The lowest BCUT2D eigenvalue weighted by atomic mass is 10.2. The third kappa shape index (κ3) is 9.48. The summed E-state index contributed by atoms with van der Waals surface area (Å²) in [6, 6.07) is 0. The molecule has 0 bridgehead atoms. The predicted molar refractivity (Wildman–Crippen MR) is 74.0 cm³/mol. The molecule has 0 saturated carbocycles. The van der Waals surface area contributed by atoms with E-state index in [9.17, 15) is 14.7 Å². The van der Waals surface area contributed by atoms with Gasteiger partial charge in [-0.15, -0.1) is 6.58 Å². The minimum Gasteiger partial charge on any atom is -0.480 e. The molecular weight excluding hydrogens is 264 g/mol. The van der Waals surface area contributed by atoms with E-state index < -0.39 is 25.3 Å². The van der Waals surface area contributed by atoms with Crippen LogP contribution in [0, 0.1) is 0 Å². The molecule has 1 atom stereocenters. The molecule has 0 aromatic heterocycles. The fraction of sp³-hybridized carbons (Fsp3) is 0.692. The van der Waals surface area contributed by atoms with E-state index in [1.54, 1.807) is 6.08 Å². The van der Waals surface area contributed by atoms with Crippen LogP contribution in [0.25, 0.3) is 0 Å². The Balaban J connectivity index is 3.89. The number of hydrogen-bond acceptors (Lipinski definition) is 5. The van der Waals surface area contributed by atoms with Crippen LogP contribution in [0.4, 0.5) is 0 Å². The maximum absolute atomic E-state index is 11.5. The zero-order valence-corrected chi connectivity index (χ0v) is 11.6. The van der Waals surface area contributed by atoms with Crippen LogP contribution >= 0.6 is 0 Å². The van der Waals surface area contributed by atoms with Crippen molar-refractivity contribution in [2.75, 3.05) is 26.2 Å². The largest absolute Gasteiger partial charge is 0.480 e. The number of aliphatic carboxylic acids is 1. The van der Waals surface area contributed by atoms with E-state index in [-0.39, 0.29) is 19.0 Å². The second kappa shape index (κ2) is 11.4. The second-order valence-corrected chi connectivity index (χ2v) is 4.41. The van der Waals surface area contributed by atoms with E-state index in [1.165, 1.54) is 4.90 Å². The Kier molecular flexibility index (Phi) is 10.6. The lowest BCUT2D eigenvalue weighted by Crippen LogP contribution is -2.45. The number of nitrogens with zero attached hydrogens (tertiary/aromatic N) is 1. The molecular formula is C13H24N2O5. The summed E-state index contributed by atoms with van der Waals surface area (Å²) < 4.78 is 0. The van der Waals surface area contributed by atoms with E-state index in [2.05, 4.69) is 11.9 Å². The first-order valence-electron chi connectivity index (χ1n) is 6.63. The van der Waals surface area contributed by atoms with Crippen molar-refractivity contribution in [1.82, 2.24) is 10.2 Å². The number of rotatable bonds is 12. The minimum absolute atomic E-state index is 0.108. The molecule has 0 aliphatic carbocycles. The number of amides is 1. The minimum atomic E-state index is -1.24. The summed E-state index contributed by atoms with van der Waals surface area (Å²) >= 11 is 0. The van der Waals surface area contributed by atoms with Crippen molar-refractivity contribution in [3.8, 4) is 0 Å². The van der Waals surface area contributed by atoms with Gasteiger partial charge in [0.2, 0.25) is 5.91 Å². The van der Waals surface area contributed by atoms with Crippen LogP contribution in [0.3, 0.4) is 0 Å². The molecule has 0 radical (unpaired) electrons. The quantitative estimate of drug-likeness (QED) is 0.220. The Morgan fingerprint density at radius 1 is 1.35 bits per heavy atom. The molecule has 0 rings (SSSR count). The first-order valence-corrected chi connectivity index (χ1v) is 6.63. The van der Waals surface area contributed by atoms with E-state index in [0.29, 0.717) is 6.42 Å². The van der Waals surface area contributed by atoms with Crippen LogP contribution in [0.5, 0.6) is 0 Å². The summed E-state index contributed by atoms with van der Waals surface area (Å²) in [5, 5.41) is 29.6. The number of carbonyl (C=O) groups excluding carboxylic acids is 1. The highest BCUT2D eigenvalue weighted by Gasteiger charge is 2.17. The van der Waals surface area contributed by atoms with Gasteiger partial charge in [-0.05, 0) is 19.3 Å². The standard InChI is InChI=1S/C13H24N2O5/c1-2-3-4-5-6-11(17)14-7-8-15(9-13(19)20)12(18)10-16/h2,12,16,18H,1,3-10H2,(H,14,17)(H,19,20). The van der Waals surface area contributed by atoms with Gasteiger partial charge in [0.05, 0.1) is 13.2 Å². The maximum Gasteiger partial charge on any atom is 0.317 e. The van der Waals surface area contributed by atoms with Crippen LogP contribution in [-0.4, -0.2) is 64.6 Å². The number of carboxylic acid groups (broad SMARTS) is 1. The molecule has 0 aromatic carbocycles. The molecule has 7 nitrogen and oxygen atoms in total. The lowest BCUT2D eigenvalue weighted by molar-refractivity contribution is -0.142. The number of aliphatic hydroxyl groups is 2. The van der Waals surface area contributed by atoms with Gasteiger partial charge in [0.25, 0.3) is 0 Å². The molecule has 0 fully saturated rings. The molecule has 116 valence electrons. The molecule has 0 aromatic rings. The Morgan fingerprint density at radius 2 is 2.05 bits per heavy atom. The number of allylic oxidation sites excluding steroid dienone is 1. The molecule has 1 unspecified atom stereocenters. The number of carbonyl (C=O) groups is 2. The summed E-state index contributed by atoms with van der Waals surface area (Å²) in [5.74, 6) is -1.21. The summed E-state index contributed by atoms with van der Waals surface area (Å²) in [6.07, 6.45) is 3.53. The van der Waals surface area contributed by atoms with Gasteiger partial charge in [0.1, 0.15) is 6.23 Å². The molecule has 0 heterocycles. The first kappa shape index (κ1) is 18.6. The average molecular weight is 288 g/mol. The number of nitrogens with one attached hydrogen (secondary N) is 1. The first-order chi connectivity index (χ1) is 9.51. The van der Waals surface area contributed by atoms with Crippen molar-refractivity contribution in [3.05, 3.63) is 12.7 Å². The highest BCUT2D eigenvalue weighted by Crippen LogP contribution is 2.00. The second-order valence-electron chi connectivity index (χ2n) is 4.41. The number of hydrogen-bond donors (Lipinski definition) is 4. The van der Waals surface area contributed by atoms with E-state index >= 15 is 0 Å². The zero-order valence-electron chi connectivity index (χ0n) is 11.6. The number of aliphatic hydroxyl groups excluding tert-OH is 2. The van der Waals surface area contributed by atoms with Crippen LogP contribution in [0.1, 0.15) is 25.7 Å². The molecule has 0 aliphatic heterocycles. The third-order valence-corrected chi connectivity index (χ3v) is 2.71. The van der Waals surface area contributed by atoms with Gasteiger partial charge in [-0.3, -0.25) is 14.5 Å². The van der Waals surface area contributed by atoms with Gasteiger partial charge in [-0.25, -0.2) is 0 Å². The monoisotopic (exact) mass is 288 g/mol. The van der Waals surface area contributed by atoms with E-state index in [4.69, 9.17) is 10.2 Å². The predicted octanol–water partition coefficient (Wildman–Crippen LogP) is -0.454. The Labute approximate surface area is 118 Å². The van der Waals surface area contributed by atoms with E-state index in [0.717, 1.165) is 19.3 Å². The van der Waals surface area contributed by atoms with Crippen LogP contribution < -0.4 is 5.32 Å². The molecule has 0 saturated heterocycles. The highest BCUT2D eigenvalue weighted by molar-refractivity contribution is 5.75. The zero-order chi connectivity index (χ0) is 15.4. The third-order valence-electron chi connectivity index (χ3n) is 2.71. The molecule has 0 spiro atoms. The van der Waals surface area contributed by atoms with Crippen molar-refractivity contribution in [2.24, 2.45) is 0 Å². The molecule has 20 heavy (non-hydrogen) atoms. The highest BCUT2D eigenvalue weighted by atomic mass is 16.4. The van der Waals surface area contributed by atoms with Gasteiger partial charge < -0.3 is 20.6 Å². The molecule has 4 N–H and O–H groups in total. The van der Waals surface area contributed by atoms with Gasteiger partial charge >= 0.3 is 5.97 Å². The molecule has 7 heteroatoms. The van der Waals surface area contributed by atoms with Gasteiger partial charge in [0.15, 0.2) is 0 Å². The Morgan fingerprint density at radius 3 is 2.60 bits per heavy atom.